The fourth-order valence-corrected chi connectivity index (χ4v) is 2.30. The van der Waals surface area contributed by atoms with Gasteiger partial charge >= 0.3 is 0 Å². The van der Waals surface area contributed by atoms with Crippen LogP contribution >= 0.6 is 11.3 Å². The largest absolute Gasteiger partial charge is 0.370 e. The number of hydrogen-bond acceptors (Lipinski definition) is 4. The monoisotopic (exact) mass is 289 g/mol. The van der Waals surface area contributed by atoms with Gasteiger partial charge in [-0.25, -0.2) is 4.99 Å². The summed E-state index contributed by atoms with van der Waals surface area (Å²) in [6, 6.07) is 9.70. The molecule has 0 aliphatic heterocycles. The van der Waals surface area contributed by atoms with Crippen molar-refractivity contribution in [1.82, 2.24) is 10.2 Å². The lowest BCUT2D eigenvalue weighted by Gasteiger charge is -2.12. The summed E-state index contributed by atoms with van der Waals surface area (Å²) in [5.74, 6) is 0.378. The predicted octanol–water partition coefficient (Wildman–Crippen LogP) is 2.76. The normalized spacial score (nSPS) is 12.4. The molecule has 3 N–H and O–H groups in total. The van der Waals surface area contributed by atoms with Gasteiger partial charge in [-0.3, -0.25) is 0 Å². The number of nitrogens with one attached hydrogen (secondary N) is 1. The first kappa shape index (κ1) is 14.5. The zero-order chi connectivity index (χ0) is 14.6. The summed E-state index contributed by atoms with van der Waals surface area (Å²) in [7, 11) is 0. The molecule has 0 radical (unpaired) electrons. The summed E-state index contributed by atoms with van der Waals surface area (Å²) in [6.07, 6.45) is 0. The highest BCUT2D eigenvalue weighted by atomic mass is 32.1. The highest BCUT2D eigenvalue weighted by Crippen LogP contribution is 2.25. The van der Waals surface area contributed by atoms with Crippen LogP contribution < -0.4 is 11.1 Å². The number of para-hydroxylation sites is 1. The molecule has 0 spiro atoms. The molecule has 0 amide bonds. The van der Waals surface area contributed by atoms with Gasteiger partial charge < -0.3 is 11.1 Å². The zero-order valence-corrected chi connectivity index (χ0v) is 12.7. The maximum atomic E-state index is 5.84. The van der Waals surface area contributed by atoms with Crippen LogP contribution in [-0.2, 0) is 12.0 Å². The van der Waals surface area contributed by atoms with E-state index in [0.29, 0.717) is 12.5 Å². The van der Waals surface area contributed by atoms with Crippen molar-refractivity contribution in [1.29, 1.82) is 0 Å². The van der Waals surface area contributed by atoms with Crippen LogP contribution in [-0.4, -0.2) is 16.2 Å². The van der Waals surface area contributed by atoms with E-state index in [9.17, 15) is 0 Å². The number of anilines is 1. The molecule has 0 saturated carbocycles. The maximum absolute atomic E-state index is 5.84. The van der Waals surface area contributed by atoms with Gasteiger partial charge in [0.2, 0.25) is 0 Å². The Kier molecular flexibility index (Phi) is 4.34. The highest BCUT2D eigenvalue weighted by molar-refractivity contribution is 7.11. The Morgan fingerprint density at radius 3 is 2.55 bits per heavy atom. The molecule has 0 aliphatic carbocycles. The number of aliphatic imine (C=N–C) groups is 1. The fourth-order valence-electron chi connectivity index (χ4n) is 1.48. The van der Waals surface area contributed by atoms with Gasteiger partial charge in [-0.1, -0.05) is 50.3 Å². The Labute approximate surface area is 123 Å². The first-order chi connectivity index (χ1) is 9.45. The number of nitrogens with zero attached hydrogens (tertiary/aromatic N) is 3. The Hall–Kier alpha value is -1.95. The smallest absolute Gasteiger partial charge is 0.193 e. The van der Waals surface area contributed by atoms with E-state index in [-0.39, 0.29) is 5.41 Å². The van der Waals surface area contributed by atoms with E-state index < -0.39 is 0 Å². The SMILES string of the molecule is CC(C)(C)c1nnc(CN=C(N)Nc2ccccc2)s1. The molecule has 0 unspecified atom stereocenters. The molecule has 0 aliphatic rings. The average Bonchev–Trinajstić information content (AvgIpc) is 2.86. The molecule has 5 nitrogen and oxygen atoms in total. The molecular weight excluding hydrogens is 270 g/mol. The molecule has 20 heavy (non-hydrogen) atoms. The Morgan fingerprint density at radius 1 is 1.25 bits per heavy atom. The fraction of sp³-hybridized carbons (Fsp3) is 0.357. The van der Waals surface area contributed by atoms with Crippen LogP contribution in [0.4, 0.5) is 5.69 Å². The average molecular weight is 289 g/mol. The quantitative estimate of drug-likeness (QED) is 0.673. The third-order valence-corrected chi connectivity index (χ3v) is 3.87. The van der Waals surface area contributed by atoms with Gasteiger partial charge in [0.15, 0.2) is 5.96 Å². The number of hydrogen-bond donors (Lipinski definition) is 2. The lowest BCUT2D eigenvalue weighted by Crippen LogP contribution is -2.22. The molecule has 1 heterocycles. The van der Waals surface area contributed by atoms with Crippen molar-refractivity contribution in [2.24, 2.45) is 10.7 Å². The van der Waals surface area contributed by atoms with Gasteiger partial charge in [0.25, 0.3) is 0 Å². The van der Waals surface area contributed by atoms with Crippen molar-refractivity contribution in [2.45, 2.75) is 32.7 Å². The van der Waals surface area contributed by atoms with Gasteiger partial charge in [-0.05, 0) is 12.1 Å². The van der Waals surface area contributed by atoms with E-state index >= 15 is 0 Å². The minimum absolute atomic E-state index is 0.0213. The summed E-state index contributed by atoms with van der Waals surface area (Å²) in [5, 5.41) is 13.2. The van der Waals surface area contributed by atoms with E-state index in [0.717, 1.165) is 15.7 Å². The highest BCUT2D eigenvalue weighted by Gasteiger charge is 2.19. The molecule has 106 valence electrons. The third-order valence-electron chi connectivity index (χ3n) is 2.54. The predicted molar refractivity (Wildman–Crippen MR) is 84.0 cm³/mol. The molecule has 0 fully saturated rings. The molecule has 1 aromatic carbocycles. The van der Waals surface area contributed by atoms with Crippen molar-refractivity contribution in [3.63, 3.8) is 0 Å². The minimum atomic E-state index is 0.0213. The molecule has 1 aromatic heterocycles. The summed E-state index contributed by atoms with van der Waals surface area (Å²) in [6.45, 7) is 6.79. The number of nitrogens with two attached hydrogens (primary N) is 1. The van der Waals surface area contributed by atoms with Crippen LogP contribution in [0, 0.1) is 0 Å². The number of guanidine groups is 1. The van der Waals surface area contributed by atoms with Crippen molar-refractivity contribution < 1.29 is 0 Å². The lowest BCUT2D eigenvalue weighted by atomic mass is 9.98. The van der Waals surface area contributed by atoms with Crippen LogP contribution in [0.2, 0.25) is 0 Å². The summed E-state index contributed by atoms with van der Waals surface area (Å²) in [5.41, 5.74) is 6.78. The standard InChI is InChI=1S/C14H19N5S/c1-14(2,3)12-19-18-11(20-12)9-16-13(15)17-10-7-5-4-6-8-10/h4-8H,9H2,1-3H3,(H3,15,16,17). The van der Waals surface area contributed by atoms with Gasteiger partial charge in [0.05, 0.1) is 6.54 Å². The van der Waals surface area contributed by atoms with E-state index in [4.69, 9.17) is 5.73 Å². The van der Waals surface area contributed by atoms with E-state index in [1.807, 2.05) is 30.3 Å². The second-order valence-electron chi connectivity index (χ2n) is 5.44. The van der Waals surface area contributed by atoms with Crippen LogP contribution in [0.5, 0.6) is 0 Å². The van der Waals surface area contributed by atoms with Gasteiger partial charge in [-0.2, -0.15) is 0 Å². The van der Waals surface area contributed by atoms with Crippen LogP contribution in [0.15, 0.2) is 35.3 Å². The molecule has 2 aromatic rings. The molecular formula is C14H19N5S. The number of rotatable bonds is 3. The summed E-state index contributed by atoms with van der Waals surface area (Å²) < 4.78 is 0. The second-order valence-corrected chi connectivity index (χ2v) is 6.51. The Bertz CT molecular complexity index is 583. The van der Waals surface area contributed by atoms with Crippen LogP contribution in [0.1, 0.15) is 30.8 Å². The first-order valence-electron chi connectivity index (χ1n) is 6.40. The van der Waals surface area contributed by atoms with Crippen LogP contribution in [0.25, 0.3) is 0 Å². The molecule has 6 heteroatoms. The third kappa shape index (κ3) is 4.03. The first-order valence-corrected chi connectivity index (χ1v) is 7.21. The van der Waals surface area contributed by atoms with Crippen molar-refractivity contribution in [3.8, 4) is 0 Å². The molecule has 0 bridgehead atoms. The second kappa shape index (κ2) is 6.00. The Morgan fingerprint density at radius 2 is 1.95 bits per heavy atom. The van der Waals surface area contributed by atoms with E-state index in [2.05, 4.69) is 41.3 Å². The van der Waals surface area contributed by atoms with E-state index in [1.165, 1.54) is 0 Å². The zero-order valence-electron chi connectivity index (χ0n) is 11.9. The minimum Gasteiger partial charge on any atom is -0.370 e. The van der Waals surface area contributed by atoms with E-state index in [1.54, 1.807) is 11.3 Å². The molecule has 2 rings (SSSR count). The van der Waals surface area contributed by atoms with Gasteiger partial charge in [-0.15, -0.1) is 10.2 Å². The van der Waals surface area contributed by atoms with Crippen molar-refractivity contribution in [3.05, 3.63) is 40.3 Å². The molecule has 0 saturated heterocycles. The number of aromatic nitrogens is 2. The van der Waals surface area contributed by atoms with Crippen molar-refractivity contribution in [2.75, 3.05) is 5.32 Å². The number of benzene rings is 1. The lowest BCUT2D eigenvalue weighted by molar-refractivity contribution is 0.577. The van der Waals surface area contributed by atoms with Gasteiger partial charge in [0.1, 0.15) is 10.0 Å². The Balaban J connectivity index is 1.97. The van der Waals surface area contributed by atoms with Gasteiger partial charge in [0, 0.05) is 11.1 Å². The van der Waals surface area contributed by atoms with Crippen molar-refractivity contribution >= 4 is 23.0 Å². The maximum Gasteiger partial charge on any atom is 0.193 e. The van der Waals surface area contributed by atoms with Crippen LogP contribution in [0.3, 0.4) is 0 Å². The topological polar surface area (TPSA) is 76.2 Å². The summed E-state index contributed by atoms with van der Waals surface area (Å²) >= 11 is 1.58. The summed E-state index contributed by atoms with van der Waals surface area (Å²) in [4.78, 5) is 4.28. The molecule has 0 atom stereocenters.